The molecule has 0 aliphatic carbocycles. The number of aromatic nitrogens is 2. The van der Waals surface area contributed by atoms with E-state index in [-0.39, 0.29) is 11.3 Å². The molecule has 0 aliphatic rings. The molecule has 0 atom stereocenters. The van der Waals surface area contributed by atoms with E-state index in [9.17, 15) is 18.8 Å². The van der Waals surface area contributed by atoms with Gasteiger partial charge in [-0.15, -0.1) is 0 Å². The normalized spacial score (nSPS) is 10.6. The summed E-state index contributed by atoms with van der Waals surface area (Å²) in [4.78, 5) is 39.6. The summed E-state index contributed by atoms with van der Waals surface area (Å²) in [5.41, 5.74) is 0.805. The Balaban J connectivity index is 2.03. The van der Waals surface area contributed by atoms with E-state index in [1.165, 1.54) is 12.1 Å². The predicted octanol–water partition coefficient (Wildman–Crippen LogP) is 2.53. The van der Waals surface area contributed by atoms with Crippen LogP contribution in [0.5, 0.6) is 0 Å². The third-order valence-corrected chi connectivity index (χ3v) is 3.95. The first-order chi connectivity index (χ1) is 12.4. The lowest BCUT2D eigenvalue weighted by Gasteiger charge is -2.10. The van der Waals surface area contributed by atoms with Crippen molar-refractivity contribution in [2.75, 3.05) is 5.32 Å². The van der Waals surface area contributed by atoms with E-state index in [1.807, 2.05) is 26.0 Å². The Morgan fingerprint density at radius 1 is 1.08 bits per heavy atom. The zero-order valence-electron chi connectivity index (χ0n) is 14.2. The van der Waals surface area contributed by atoms with E-state index in [2.05, 4.69) is 10.3 Å². The highest BCUT2D eigenvalue weighted by Gasteiger charge is 2.16. The fourth-order valence-corrected chi connectivity index (χ4v) is 2.52. The van der Waals surface area contributed by atoms with Gasteiger partial charge in [0.2, 0.25) is 0 Å². The number of hydrogen-bond donors (Lipinski definition) is 2. The number of amides is 1. The molecule has 2 aromatic carbocycles. The minimum Gasteiger partial charge on any atom is -0.322 e. The van der Waals surface area contributed by atoms with Gasteiger partial charge in [0.15, 0.2) is 0 Å². The standard InChI is InChI=1S/C19H16FN3O3/c1-11-3-4-12(2)16(9-11)22-17(24)15-10-21-19(26)23(18(15)25)14-7-5-13(20)6-8-14/h3-10H,1-2H3,(H,21,26)(H,22,24). The number of hydrogen-bond acceptors (Lipinski definition) is 3. The Hall–Kier alpha value is -3.48. The van der Waals surface area contributed by atoms with Gasteiger partial charge in [-0.25, -0.2) is 13.8 Å². The number of carbonyl (C=O) groups is 1. The van der Waals surface area contributed by atoms with Crippen LogP contribution in [0.1, 0.15) is 21.5 Å². The van der Waals surface area contributed by atoms with Crippen molar-refractivity contribution in [2.45, 2.75) is 13.8 Å². The second-order valence-electron chi connectivity index (χ2n) is 5.90. The van der Waals surface area contributed by atoms with Gasteiger partial charge in [-0.05, 0) is 55.3 Å². The summed E-state index contributed by atoms with van der Waals surface area (Å²) < 4.78 is 13.9. The second kappa shape index (κ2) is 6.79. The first kappa shape index (κ1) is 17.3. The van der Waals surface area contributed by atoms with Crippen LogP contribution in [0.4, 0.5) is 10.1 Å². The first-order valence-corrected chi connectivity index (χ1v) is 7.86. The number of benzene rings is 2. The zero-order chi connectivity index (χ0) is 18.8. The summed E-state index contributed by atoms with van der Waals surface area (Å²) >= 11 is 0. The van der Waals surface area contributed by atoms with Crippen molar-refractivity contribution in [3.63, 3.8) is 0 Å². The number of anilines is 1. The van der Waals surface area contributed by atoms with Crippen LogP contribution < -0.4 is 16.6 Å². The SMILES string of the molecule is Cc1ccc(C)c(NC(=O)c2c[nH]c(=O)n(-c3ccc(F)cc3)c2=O)c1. The molecule has 0 aliphatic heterocycles. The average Bonchev–Trinajstić information content (AvgIpc) is 2.60. The maximum Gasteiger partial charge on any atom is 0.333 e. The number of aryl methyl sites for hydroxylation is 2. The van der Waals surface area contributed by atoms with E-state index in [4.69, 9.17) is 0 Å². The minimum atomic E-state index is -0.789. The maximum absolute atomic E-state index is 13.1. The van der Waals surface area contributed by atoms with Crippen LogP contribution in [0.25, 0.3) is 5.69 Å². The summed E-state index contributed by atoms with van der Waals surface area (Å²) in [6.45, 7) is 3.72. The Kier molecular flexibility index (Phi) is 4.53. The lowest BCUT2D eigenvalue weighted by atomic mass is 10.1. The van der Waals surface area contributed by atoms with E-state index in [0.29, 0.717) is 5.69 Å². The molecule has 2 N–H and O–H groups in total. The van der Waals surface area contributed by atoms with Crippen LogP contribution >= 0.6 is 0 Å². The summed E-state index contributed by atoms with van der Waals surface area (Å²) in [5, 5.41) is 2.68. The van der Waals surface area contributed by atoms with Gasteiger partial charge in [-0.1, -0.05) is 12.1 Å². The minimum absolute atomic E-state index is 0.166. The third-order valence-electron chi connectivity index (χ3n) is 3.95. The summed E-state index contributed by atoms with van der Waals surface area (Å²) in [6.07, 6.45) is 1.07. The molecule has 0 bridgehead atoms. The van der Waals surface area contributed by atoms with Gasteiger partial charge in [-0.2, -0.15) is 0 Å². The Bertz CT molecular complexity index is 1100. The van der Waals surface area contributed by atoms with Crippen LogP contribution in [0.3, 0.4) is 0 Å². The fraction of sp³-hybridized carbons (Fsp3) is 0.105. The van der Waals surface area contributed by atoms with Crippen LogP contribution in [0.2, 0.25) is 0 Å². The molecule has 1 heterocycles. The van der Waals surface area contributed by atoms with Gasteiger partial charge >= 0.3 is 5.69 Å². The number of aromatic amines is 1. The molecule has 0 spiro atoms. The lowest BCUT2D eigenvalue weighted by Crippen LogP contribution is -2.38. The molecule has 3 aromatic rings. The molecule has 26 heavy (non-hydrogen) atoms. The average molecular weight is 353 g/mol. The topological polar surface area (TPSA) is 84.0 Å². The van der Waals surface area contributed by atoms with Crippen molar-refractivity contribution in [3.05, 3.63) is 92.0 Å². The van der Waals surface area contributed by atoms with Crippen molar-refractivity contribution < 1.29 is 9.18 Å². The molecule has 3 rings (SSSR count). The van der Waals surface area contributed by atoms with Crippen LogP contribution in [0, 0.1) is 19.7 Å². The van der Waals surface area contributed by atoms with Gasteiger partial charge < -0.3 is 10.3 Å². The van der Waals surface area contributed by atoms with Crippen molar-refractivity contribution in [2.24, 2.45) is 0 Å². The number of nitrogens with zero attached hydrogens (tertiary/aromatic N) is 1. The smallest absolute Gasteiger partial charge is 0.322 e. The number of carbonyl (C=O) groups excluding carboxylic acids is 1. The van der Waals surface area contributed by atoms with Crippen LogP contribution in [-0.4, -0.2) is 15.5 Å². The Morgan fingerprint density at radius 3 is 2.46 bits per heavy atom. The largest absolute Gasteiger partial charge is 0.333 e. The second-order valence-corrected chi connectivity index (χ2v) is 5.90. The van der Waals surface area contributed by atoms with E-state index in [1.54, 1.807) is 6.07 Å². The molecule has 0 saturated heterocycles. The number of halogens is 1. The third kappa shape index (κ3) is 3.32. The predicted molar refractivity (Wildman–Crippen MR) is 96.5 cm³/mol. The van der Waals surface area contributed by atoms with Crippen molar-refractivity contribution >= 4 is 11.6 Å². The molecular weight excluding hydrogens is 337 g/mol. The molecule has 0 unspecified atom stereocenters. The number of nitrogens with one attached hydrogen (secondary N) is 2. The van der Waals surface area contributed by atoms with Gasteiger partial charge in [0, 0.05) is 11.9 Å². The molecular formula is C19H16FN3O3. The highest BCUT2D eigenvalue weighted by Crippen LogP contribution is 2.17. The molecule has 132 valence electrons. The van der Waals surface area contributed by atoms with Crippen LogP contribution in [-0.2, 0) is 0 Å². The Labute approximate surface area is 147 Å². The van der Waals surface area contributed by atoms with E-state index >= 15 is 0 Å². The van der Waals surface area contributed by atoms with Crippen LogP contribution in [0.15, 0.2) is 58.3 Å². The first-order valence-electron chi connectivity index (χ1n) is 7.86. The highest BCUT2D eigenvalue weighted by atomic mass is 19.1. The summed E-state index contributed by atoms with van der Waals surface area (Å²) in [6, 6.07) is 10.4. The van der Waals surface area contributed by atoms with E-state index < -0.39 is 23.0 Å². The van der Waals surface area contributed by atoms with Crippen molar-refractivity contribution in [3.8, 4) is 5.69 Å². The fourth-order valence-electron chi connectivity index (χ4n) is 2.52. The van der Waals surface area contributed by atoms with Gasteiger partial charge in [0.1, 0.15) is 11.4 Å². The zero-order valence-corrected chi connectivity index (χ0v) is 14.2. The Morgan fingerprint density at radius 2 is 1.77 bits per heavy atom. The molecule has 0 saturated carbocycles. The molecule has 7 heteroatoms. The summed E-state index contributed by atoms with van der Waals surface area (Å²) in [5.74, 6) is -1.14. The highest BCUT2D eigenvalue weighted by molar-refractivity contribution is 6.04. The lowest BCUT2D eigenvalue weighted by molar-refractivity contribution is 0.102. The monoisotopic (exact) mass is 353 g/mol. The van der Waals surface area contributed by atoms with Gasteiger partial charge in [0.05, 0.1) is 5.69 Å². The number of H-pyrrole nitrogens is 1. The quantitative estimate of drug-likeness (QED) is 0.759. The molecule has 0 radical (unpaired) electrons. The van der Waals surface area contributed by atoms with Crippen molar-refractivity contribution in [1.82, 2.24) is 9.55 Å². The summed E-state index contributed by atoms with van der Waals surface area (Å²) in [7, 11) is 0. The van der Waals surface area contributed by atoms with E-state index in [0.717, 1.165) is 34.0 Å². The molecule has 6 nitrogen and oxygen atoms in total. The maximum atomic E-state index is 13.1. The van der Waals surface area contributed by atoms with Gasteiger partial charge in [-0.3, -0.25) is 9.59 Å². The molecule has 1 amide bonds. The number of rotatable bonds is 3. The molecule has 1 aromatic heterocycles. The molecule has 0 fully saturated rings. The van der Waals surface area contributed by atoms with Crippen molar-refractivity contribution in [1.29, 1.82) is 0 Å². The van der Waals surface area contributed by atoms with Gasteiger partial charge in [0.25, 0.3) is 11.5 Å².